The maximum absolute atomic E-state index is 11.7. The number of hydrogen-bond acceptors (Lipinski definition) is 4. The highest BCUT2D eigenvalue weighted by atomic mass is 32.1. The molecule has 1 aromatic carbocycles. The van der Waals surface area contributed by atoms with Crippen LogP contribution in [0.15, 0.2) is 47.6 Å². The molecule has 2 N–H and O–H groups in total. The molecule has 0 radical (unpaired) electrons. The molecule has 0 saturated heterocycles. The number of hydrogen-bond donors (Lipinski definition) is 1. The van der Waals surface area contributed by atoms with Crippen LogP contribution in [0.1, 0.15) is 22.6 Å². The van der Waals surface area contributed by atoms with Crippen LogP contribution in [-0.4, -0.2) is 22.3 Å². The van der Waals surface area contributed by atoms with Gasteiger partial charge in [-0.3, -0.25) is 4.79 Å². The fourth-order valence-corrected chi connectivity index (χ4v) is 3.83. The van der Waals surface area contributed by atoms with E-state index in [4.69, 9.17) is 5.73 Å². The van der Waals surface area contributed by atoms with E-state index in [2.05, 4.69) is 34.1 Å². The Morgan fingerprint density at radius 3 is 2.95 bits per heavy atom. The topological polar surface area (TPSA) is 59.2 Å². The van der Waals surface area contributed by atoms with Crippen LogP contribution in [0, 0.1) is 0 Å². The molecule has 0 unspecified atom stereocenters. The quantitative estimate of drug-likeness (QED) is 0.928. The van der Waals surface area contributed by atoms with E-state index < -0.39 is 0 Å². The summed E-state index contributed by atoms with van der Waals surface area (Å²) in [5.74, 6) is -0.355. The molecule has 2 aromatic rings. The minimum atomic E-state index is -0.355. The predicted molar refractivity (Wildman–Crippen MR) is 87.7 cm³/mol. The Morgan fingerprint density at radius 2 is 2.18 bits per heavy atom. The zero-order valence-corrected chi connectivity index (χ0v) is 12.8. The average Bonchev–Trinajstić information content (AvgIpc) is 3.07. The van der Waals surface area contributed by atoms with Gasteiger partial charge in [0.25, 0.3) is 0 Å². The molecule has 5 heteroatoms. The zero-order valence-electron chi connectivity index (χ0n) is 12.0. The summed E-state index contributed by atoms with van der Waals surface area (Å²) in [5, 5.41) is 2.92. The number of rotatable bonds is 2. The second kappa shape index (κ2) is 5.10. The van der Waals surface area contributed by atoms with Gasteiger partial charge in [-0.15, -0.1) is 11.3 Å². The number of thiazole rings is 1. The van der Waals surface area contributed by atoms with Crippen molar-refractivity contribution < 1.29 is 4.79 Å². The van der Waals surface area contributed by atoms with Crippen molar-refractivity contribution in [3.05, 3.63) is 63.7 Å². The molecule has 0 atom stereocenters. The Morgan fingerprint density at radius 1 is 1.32 bits per heavy atom. The lowest BCUT2D eigenvalue weighted by Gasteiger charge is -2.36. The van der Waals surface area contributed by atoms with Gasteiger partial charge in [0.1, 0.15) is 5.01 Å². The van der Waals surface area contributed by atoms with Crippen LogP contribution in [0.2, 0.25) is 0 Å². The Hall–Kier alpha value is -2.40. The van der Waals surface area contributed by atoms with Gasteiger partial charge in [0.05, 0.1) is 5.70 Å². The van der Waals surface area contributed by atoms with E-state index in [0.29, 0.717) is 12.0 Å². The Kier molecular flexibility index (Phi) is 3.08. The van der Waals surface area contributed by atoms with Crippen molar-refractivity contribution in [2.45, 2.75) is 12.8 Å². The van der Waals surface area contributed by atoms with E-state index in [1.807, 2.05) is 11.6 Å². The molecule has 2 aliphatic rings. The molecule has 3 heterocycles. The van der Waals surface area contributed by atoms with Crippen LogP contribution >= 0.6 is 11.3 Å². The summed E-state index contributed by atoms with van der Waals surface area (Å²) in [6.07, 6.45) is 5.22. The van der Waals surface area contributed by atoms with Gasteiger partial charge in [0.15, 0.2) is 0 Å². The van der Waals surface area contributed by atoms with E-state index >= 15 is 0 Å². The normalized spacial score (nSPS) is 16.9. The third-order valence-corrected chi connectivity index (χ3v) is 4.99. The first-order chi connectivity index (χ1) is 10.7. The molecule has 0 fully saturated rings. The van der Waals surface area contributed by atoms with Crippen molar-refractivity contribution in [2.75, 3.05) is 6.54 Å². The largest absolute Gasteiger partial charge is 0.366 e. The van der Waals surface area contributed by atoms with Crippen molar-refractivity contribution in [1.29, 1.82) is 0 Å². The number of benzene rings is 1. The molecule has 0 bridgehead atoms. The number of carbonyl (C=O) groups is 1. The monoisotopic (exact) mass is 309 g/mol. The van der Waals surface area contributed by atoms with Crippen molar-refractivity contribution >= 4 is 28.5 Å². The summed E-state index contributed by atoms with van der Waals surface area (Å²) in [6, 6.07) is 8.45. The lowest BCUT2D eigenvalue weighted by atomic mass is 9.89. The third-order valence-electron chi connectivity index (χ3n) is 4.15. The smallest absolute Gasteiger partial charge is 0.246 e. The summed E-state index contributed by atoms with van der Waals surface area (Å²) < 4.78 is 0. The van der Waals surface area contributed by atoms with Crippen LogP contribution in [-0.2, 0) is 11.2 Å². The maximum Gasteiger partial charge on any atom is 0.246 e. The highest BCUT2D eigenvalue weighted by Crippen LogP contribution is 2.41. The second-order valence-corrected chi connectivity index (χ2v) is 6.35. The standard InChI is InChI=1S/C17H15N3OS/c18-16(21)12-9-14(17-19-6-8-22-17)15-13-4-2-1-3-11(13)5-7-20(15)10-12/h1-4,6,8,10H,5,7,9H2,(H2,18,21). The number of carbonyl (C=O) groups excluding carboxylic acids is 1. The van der Waals surface area contributed by atoms with Gasteiger partial charge in [-0.1, -0.05) is 24.3 Å². The van der Waals surface area contributed by atoms with Gasteiger partial charge >= 0.3 is 0 Å². The number of nitrogens with two attached hydrogens (primary N) is 1. The van der Waals surface area contributed by atoms with Crippen molar-refractivity contribution in [3.63, 3.8) is 0 Å². The van der Waals surface area contributed by atoms with E-state index in [0.717, 1.165) is 23.5 Å². The SMILES string of the molecule is NC(=O)C1=CN2CCc3ccccc3C2=C(c2nccs2)C1. The van der Waals surface area contributed by atoms with E-state index in [9.17, 15) is 4.79 Å². The molecule has 4 rings (SSSR count). The van der Waals surface area contributed by atoms with Crippen LogP contribution in [0.5, 0.6) is 0 Å². The van der Waals surface area contributed by atoms with Crippen LogP contribution in [0.25, 0.3) is 11.3 Å². The first-order valence-corrected chi connectivity index (χ1v) is 8.10. The molecule has 4 nitrogen and oxygen atoms in total. The van der Waals surface area contributed by atoms with E-state index in [1.54, 1.807) is 17.5 Å². The van der Waals surface area contributed by atoms with E-state index in [-0.39, 0.29) is 5.91 Å². The van der Waals surface area contributed by atoms with Gasteiger partial charge in [0, 0.05) is 47.5 Å². The molecule has 2 aliphatic heterocycles. The molecule has 0 aliphatic carbocycles. The van der Waals surface area contributed by atoms with Crippen LogP contribution in [0.4, 0.5) is 0 Å². The molecule has 1 aromatic heterocycles. The first kappa shape index (κ1) is 13.3. The third kappa shape index (κ3) is 2.05. The predicted octanol–water partition coefficient (Wildman–Crippen LogP) is 2.64. The number of nitrogens with zero attached hydrogens (tertiary/aromatic N) is 2. The molecule has 0 saturated carbocycles. The average molecular weight is 309 g/mol. The summed E-state index contributed by atoms with van der Waals surface area (Å²) in [6.45, 7) is 0.859. The van der Waals surface area contributed by atoms with Gasteiger partial charge in [-0.05, 0) is 12.0 Å². The molecule has 110 valence electrons. The van der Waals surface area contributed by atoms with Crippen molar-refractivity contribution in [2.24, 2.45) is 5.73 Å². The minimum absolute atomic E-state index is 0.355. The van der Waals surface area contributed by atoms with Crippen LogP contribution < -0.4 is 5.73 Å². The maximum atomic E-state index is 11.7. The van der Waals surface area contributed by atoms with Gasteiger partial charge in [-0.2, -0.15) is 0 Å². The Bertz CT molecular complexity index is 805. The molecular formula is C17H15N3OS. The summed E-state index contributed by atoms with van der Waals surface area (Å²) in [4.78, 5) is 18.3. The lowest BCUT2D eigenvalue weighted by Crippen LogP contribution is -2.30. The summed E-state index contributed by atoms with van der Waals surface area (Å²) in [7, 11) is 0. The highest BCUT2D eigenvalue weighted by Gasteiger charge is 2.29. The molecule has 0 spiro atoms. The van der Waals surface area contributed by atoms with Crippen LogP contribution in [0.3, 0.4) is 0 Å². The number of primary amides is 1. The molecular weight excluding hydrogens is 294 g/mol. The second-order valence-electron chi connectivity index (χ2n) is 5.46. The highest BCUT2D eigenvalue weighted by molar-refractivity contribution is 7.10. The van der Waals surface area contributed by atoms with Crippen molar-refractivity contribution in [1.82, 2.24) is 9.88 Å². The number of fused-ring (bicyclic) bond motifs is 3. The van der Waals surface area contributed by atoms with E-state index in [1.165, 1.54) is 16.8 Å². The number of aromatic nitrogens is 1. The lowest BCUT2D eigenvalue weighted by molar-refractivity contribution is -0.114. The zero-order chi connectivity index (χ0) is 15.1. The Labute approximate surface area is 132 Å². The molecule has 1 amide bonds. The fourth-order valence-electron chi connectivity index (χ4n) is 3.15. The number of amides is 1. The first-order valence-electron chi connectivity index (χ1n) is 7.22. The Balaban J connectivity index is 1.93. The van der Waals surface area contributed by atoms with Crippen molar-refractivity contribution in [3.8, 4) is 0 Å². The summed E-state index contributed by atoms with van der Waals surface area (Å²) in [5.41, 5.74) is 11.0. The van der Waals surface area contributed by atoms with Gasteiger partial charge in [-0.25, -0.2) is 4.98 Å². The fraction of sp³-hybridized carbons (Fsp3) is 0.176. The number of allylic oxidation sites excluding steroid dienone is 1. The van der Waals surface area contributed by atoms with Gasteiger partial charge in [0.2, 0.25) is 5.91 Å². The van der Waals surface area contributed by atoms with Gasteiger partial charge < -0.3 is 10.6 Å². The minimum Gasteiger partial charge on any atom is -0.366 e. The summed E-state index contributed by atoms with van der Waals surface area (Å²) >= 11 is 1.60. The molecule has 22 heavy (non-hydrogen) atoms.